The second-order valence-corrected chi connectivity index (χ2v) is 8.39. The molecule has 0 aliphatic heterocycles. The van der Waals surface area contributed by atoms with E-state index < -0.39 is 0 Å². The molecule has 3 aromatic carbocycles. The summed E-state index contributed by atoms with van der Waals surface area (Å²) in [4.78, 5) is 4.84. The van der Waals surface area contributed by atoms with E-state index >= 15 is 0 Å². The molecule has 0 aliphatic carbocycles. The Bertz CT molecular complexity index is 1120. The fourth-order valence-corrected chi connectivity index (χ4v) is 4.09. The van der Waals surface area contributed by atoms with Crippen molar-refractivity contribution < 1.29 is 0 Å². The summed E-state index contributed by atoms with van der Waals surface area (Å²) in [5.74, 6) is 0. The van der Waals surface area contributed by atoms with E-state index in [9.17, 15) is 0 Å². The number of pyridine rings is 1. The van der Waals surface area contributed by atoms with Crippen LogP contribution >= 0.6 is 0 Å². The molecule has 0 radical (unpaired) electrons. The van der Waals surface area contributed by atoms with Crippen LogP contribution in [0.2, 0.25) is 0 Å². The summed E-state index contributed by atoms with van der Waals surface area (Å²) in [5, 5.41) is 1.18. The van der Waals surface area contributed by atoms with Crippen molar-refractivity contribution >= 4 is 10.9 Å². The number of hydrogen-bond donors (Lipinski definition) is 0. The van der Waals surface area contributed by atoms with E-state index in [1.807, 2.05) is 39.8 Å². The van der Waals surface area contributed by atoms with Gasteiger partial charge in [0.2, 0.25) is 0 Å². The third-order valence-electron chi connectivity index (χ3n) is 5.83. The van der Waals surface area contributed by atoms with Gasteiger partial charge in [-0.15, -0.1) is 0 Å². The van der Waals surface area contributed by atoms with Crippen molar-refractivity contribution in [3.05, 3.63) is 89.5 Å². The monoisotopic (exact) mass is 469 g/mol. The van der Waals surface area contributed by atoms with E-state index in [-0.39, 0.29) is 0 Å². The highest BCUT2D eigenvalue weighted by Gasteiger charge is 2.09. The highest BCUT2D eigenvalue weighted by molar-refractivity contribution is 5.83. The average molecular weight is 470 g/mol. The predicted octanol–water partition coefficient (Wildman–Crippen LogP) is 11.1. The van der Waals surface area contributed by atoms with Gasteiger partial charge in [0.15, 0.2) is 0 Å². The van der Waals surface area contributed by atoms with Crippen LogP contribution in [0.15, 0.2) is 72.8 Å². The molecule has 0 unspecified atom stereocenters. The first-order valence-electron chi connectivity index (χ1n) is 13.6. The van der Waals surface area contributed by atoms with Crippen LogP contribution in [0.25, 0.3) is 33.3 Å². The highest BCUT2D eigenvalue weighted by Crippen LogP contribution is 2.32. The van der Waals surface area contributed by atoms with Crippen LogP contribution in [-0.4, -0.2) is 4.98 Å². The molecule has 1 aromatic heterocycles. The Balaban J connectivity index is 0.000000531. The summed E-state index contributed by atoms with van der Waals surface area (Å²) in [6, 6.07) is 25.7. The molecule has 0 atom stereocenters. The number of fused-ring (bicyclic) bond motifs is 1. The largest absolute Gasteiger partial charge is 0.248 e. The van der Waals surface area contributed by atoms with Crippen molar-refractivity contribution in [3.8, 4) is 22.4 Å². The van der Waals surface area contributed by atoms with Crippen molar-refractivity contribution in [1.82, 2.24) is 4.98 Å². The standard InChI is InChI=1S/C24H21N.C6H14.2C2H6/c1-16-7-6-8-17(2)24(16)20-11-13-21(18(3)15-20)23-14-12-19-9-4-5-10-22(19)25-23;1-3-5-6-4-2;2*1-2/h4-15H,1-3H3;3-6H2,1-2H3;2*1-2H3. The van der Waals surface area contributed by atoms with Gasteiger partial charge in [0.1, 0.15) is 0 Å². The third-order valence-corrected chi connectivity index (χ3v) is 5.83. The molecule has 1 heteroatoms. The van der Waals surface area contributed by atoms with Gasteiger partial charge in [-0.3, -0.25) is 0 Å². The summed E-state index contributed by atoms with van der Waals surface area (Å²) >= 11 is 0. The van der Waals surface area contributed by atoms with E-state index in [2.05, 4.69) is 95.3 Å². The number of hydrogen-bond acceptors (Lipinski definition) is 1. The minimum atomic E-state index is 1.03. The van der Waals surface area contributed by atoms with Gasteiger partial charge < -0.3 is 0 Å². The third kappa shape index (κ3) is 8.66. The number of nitrogens with zero attached hydrogens (tertiary/aromatic N) is 1. The zero-order chi connectivity index (χ0) is 26.2. The normalized spacial score (nSPS) is 9.74. The lowest BCUT2D eigenvalue weighted by atomic mass is 9.92. The average Bonchev–Trinajstić information content (AvgIpc) is 2.90. The van der Waals surface area contributed by atoms with Gasteiger partial charge in [0.05, 0.1) is 11.2 Å². The molecule has 0 amide bonds. The summed E-state index contributed by atoms with van der Waals surface area (Å²) in [6.45, 7) is 19.0. The summed E-state index contributed by atoms with van der Waals surface area (Å²) in [6.07, 6.45) is 5.54. The summed E-state index contributed by atoms with van der Waals surface area (Å²) in [5.41, 5.74) is 9.76. The van der Waals surface area contributed by atoms with Gasteiger partial charge in [0.25, 0.3) is 0 Å². The maximum atomic E-state index is 4.84. The maximum Gasteiger partial charge on any atom is 0.0712 e. The van der Waals surface area contributed by atoms with E-state index in [1.54, 1.807) is 0 Å². The zero-order valence-corrected chi connectivity index (χ0v) is 23.7. The van der Waals surface area contributed by atoms with Gasteiger partial charge >= 0.3 is 0 Å². The van der Waals surface area contributed by atoms with Crippen LogP contribution in [0.3, 0.4) is 0 Å². The van der Waals surface area contributed by atoms with Crippen molar-refractivity contribution in [2.24, 2.45) is 0 Å². The Hall–Kier alpha value is -2.93. The van der Waals surface area contributed by atoms with E-state index in [0.717, 1.165) is 11.2 Å². The van der Waals surface area contributed by atoms with Crippen LogP contribution in [0.4, 0.5) is 0 Å². The Kier molecular flexibility index (Phi) is 14.3. The number of unbranched alkanes of at least 4 members (excludes halogenated alkanes) is 3. The zero-order valence-electron chi connectivity index (χ0n) is 23.7. The quantitative estimate of drug-likeness (QED) is 0.265. The van der Waals surface area contributed by atoms with E-state index in [0.29, 0.717) is 0 Å². The molecule has 188 valence electrons. The predicted molar refractivity (Wildman–Crippen MR) is 159 cm³/mol. The van der Waals surface area contributed by atoms with Gasteiger partial charge in [-0.05, 0) is 60.7 Å². The van der Waals surface area contributed by atoms with Crippen molar-refractivity contribution in [1.29, 1.82) is 0 Å². The molecule has 1 heterocycles. The molecule has 0 fully saturated rings. The first kappa shape index (κ1) is 30.1. The van der Waals surface area contributed by atoms with Crippen molar-refractivity contribution in [2.75, 3.05) is 0 Å². The van der Waals surface area contributed by atoms with Crippen LogP contribution < -0.4 is 0 Å². The lowest BCUT2D eigenvalue weighted by Gasteiger charge is -2.13. The minimum Gasteiger partial charge on any atom is -0.248 e. The Labute approximate surface area is 215 Å². The van der Waals surface area contributed by atoms with Crippen LogP contribution in [0, 0.1) is 20.8 Å². The second-order valence-electron chi connectivity index (χ2n) is 8.39. The topological polar surface area (TPSA) is 12.9 Å². The molecule has 0 aliphatic rings. The van der Waals surface area contributed by atoms with Gasteiger partial charge in [-0.25, -0.2) is 4.98 Å². The first-order valence-corrected chi connectivity index (χ1v) is 13.6. The number of rotatable bonds is 5. The Morgan fingerprint density at radius 1 is 0.600 bits per heavy atom. The SMILES string of the molecule is CC.CC.CCCCCC.Cc1cc(-c2c(C)cccc2C)ccc1-c1ccc2ccccc2n1. The molecular weight excluding hydrogens is 422 g/mol. The Morgan fingerprint density at radius 2 is 1.20 bits per heavy atom. The molecule has 35 heavy (non-hydrogen) atoms. The number of aryl methyl sites for hydroxylation is 3. The van der Waals surface area contributed by atoms with E-state index in [1.165, 1.54) is 64.5 Å². The number of aromatic nitrogens is 1. The molecular formula is C34H47N. The lowest BCUT2D eigenvalue weighted by molar-refractivity contribution is 0.702. The number of para-hydroxylation sites is 1. The van der Waals surface area contributed by atoms with Gasteiger partial charge in [0, 0.05) is 10.9 Å². The van der Waals surface area contributed by atoms with Crippen molar-refractivity contribution in [3.63, 3.8) is 0 Å². The first-order chi connectivity index (χ1) is 17.0. The molecule has 0 saturated carbocycles. The van der Waals surface area contributed by atoms with Crippen LogP contribution in [0.1, 0.15) is 83.9 Å². The van der Waals surface area contributed by atoms with Crippen LogP contribution in [-0.2, 0) is 0 Å². The fourth-order valence-electron chi connectivity index (χ4n) is 4.09. The van der Waals surface area contributed by atoms with E-state index in [4.69, 9.17) is 4.98 Å². The molecule has 4 rings (SSSR count). The smallest absolute Gasteiger partial charge is 0.0712 e. The molecule has 0 spiro atoms. The van der Waals surface area contributed by atoms with Crippen LogP contribution in [0.5, 0.6) is 0 Å². The lowest BCUT2D eigenvalue weighted by Crippen LogP contribution is -1.92. The highest BCUT2D eigenvalue weighted by atomic mass is 14.7. The summed E-state index contributed by atoms with van der Waals surface area (Å²) < 4.78 is 0. The van der Waals surface area contributed by atoms with Gasteiger partial charge in [-0.1, -0.05) is 128 Å². The molecule has 1 nitrogen and oxygen atoms in total. The van der Waals surface area contributed by atoms with Gasteiger partial charge in [-0.2, -0.15) is 0 Å². The number of benzene rings is 3. The minimum absolute atomic E-state index is 1.03. The molecule has 0 N–H and O–H groups in total. The maximum absolute atomic E-state index is 4.84. The fraction of sp³-hybridized carbons (Fsp3) is 0.382. The molecule has 0 bridgehead atoms. The second kappa shape index (κ2) is 16.7. The molecule has 0 saturated heterocycles. The summed E-state index contributed by atoms with van der Waals surface area (Å²) in [7, 11) is 0. The van der Waals surface area contributed by atoms with Crippen molar-refractivity contribution in [2.45, 2.75) is 88.0 Å². The molecule has 4 aromatic rings. The Morgan fingerprint density at radius 3 is 1.77 bits per heavy atom.